The van der Waals surface area contributed by atoms with Gasteiger partial charge < -0.3 is 23.8 Å². The molecule has 146 valence electrons. The van der Waals surface area contributed by atoms with E-state index in [1.807, 2.05) is 17.0 Å². The maximum atomic E-state index is 12.9. The Labute approximate surface area is 159 Å². The standard InChI is InChI=1S/C21H27NO5/c23-20(16-4-5-18-19(10-16)25-8-1-7-24-18)22-13-21(14-22)11-17(6-9-27-21)26-12-15-2-3-15/h4-5,10,15,17H,1-3,6-9,11-14H2/t17-/m1/s1. The van der Waals surface area contributed by atoms with Crippen LogP contribution < -0.4 is 9.47 Å². The predicted molar refractivity (Wildman–Crippen MR) is 98.3 cm³/mol. The van der Waals surface area contributed by atoms with Crippen molar-refractivity contribution in [2.75, 3.05) is 39.5 Å². The Morgan fingerprint density at radius 3 is 2.74 bits per heavy atom. The van der Waals surface area contributed by atoms with Crippen LogP contribution in [0.2, 0.25) is 0 Å². The third kappa shape index (κ3) is 3.65. The van der Waals surface area contributed by atoms with Gasteiger partial charge in [-0.05, 0) is 43.4 Å². The van der Waals surface area contributed by atoms with Crippen molar-refractivity contribution >= 4 is 5.91 Å². The molecule has 6 heteroatoms. The van der Waals surface area contributed by atoms with Gasteiger partial charge in [-0.3, -0.25) is 4.79 Å². The van der Waals surface area contributed by atoms with E-state index < -0.39 is 0 Å². The van der Waals surface area contributed by atoms with Crippen LogP contribution in [0.5, 0.6) is 11.5 Å². The topological polar surface area (TPSA) is 57.2 Å². The molecule has 3 aliphatic heterocycles. The Morgan fingerprint density at radius 2 is 1.93 bits per heavy atom. The number of likely N-dealkylation sites (tertiary alicyclic amines) is 1. The van der Waals surface area contributed by atoms with Crippen molar-refractivity contribution in [3.8, 4) is 11.5 Å². The Morgan fingerprint density at radius 1 is 1.11 bits per heavy atom. The molecule has 1 spiro atoms. The number of benzene rings is 1. The van der Waals surface area contributed by atoms with Gasteiger partial charge in [0.25, 0.3) is 5.91 Å². The van der Waals surface area contributed by atoms with Crippen molar-refractivity contribution in [3.63, 3.8) is 0 Å². The summed E-state index contributed by atoms with van der Waals surface area (Å²) in [5, 5.41) is 0. The molecule has 3 fully saturated rings. The first-order valence-corrected chi connectivity index (χ1v) is 10.2. The first kappa shape index (κ1) is 17.3. The first-order valence-electron chi connectivity index (χ1n) is 10.2. The quantitative estimate of drug-likeness (QED) is 0.812. The van der Waals surface area contributed by atoms with E-state index in [1.54, 1.807) is 6.07 Å². The number of hydrogen-bond acceptors (Lipinski definition) is 5. The van der Waals surface area contributed by atoms with Crippen LogP contribution in [-0.2, 0) is 9.47 Å². The highest BCUT2D eigenvalue weighted by Crippen LogP contribution is 2.38. The molecule has 0 bridgehead atoms. The number of fused-ring (bicyclic) bond motifs is 1. The zero-order valence-corrected chi connectivity index (χ0v) is 15.7. The highest BCUT2D eigenvalue weighted by molar-refractivity contribution is 5.95. The summed E-state index contributed by atoms with van der Waals surface area (Å²) in [5.74, 6) is 2.19. The van der Waals surface area contributed by atoms with E-state index in [4.69, 9.17) is 18.9 Å². The van der Waals surface area contributed by atoms with Crippen LogP contribution in [0, 0.1) is 5.92 Å². The van der Waals surface area contributed by atoms with Crippen molar-refractivity contribution < 1.29 is 23.7 Å². The van der Waals surface area contributed by atoms with Crippen LogP contribution in [-0.4, -0.2) is 62.0 Å². The lowest BCUT2D eigenvalue weighted by atomic mass is 9.84. The lowest BCUT2D eigenvalue weighted by Crippen LogP contribution is -2.67. The average Bonchev–Trinajstić information content (AvgIpc) is 3.50. The number of ether oxygens (including phenoxy) is 4. The van der Waals surface area contributed by atoms with Gasteiger partial charge in [0.05, 0.1) is 32.4 Å². The Hall–Kier alpha value is -1.79. The molecule has 1 aromatic rings. The lowest BCUT2D eigenvalue weighted by molar-refractivity contribution is -0.186. The van der Waals surface area contributed by atoms with Gasteiger partial charge in [-0.2, -0.15) is 0 Å². The first-order chi connectivity index (χ1) is 13.2. The molecule has 1 aliphatic carbocycles. The number of amides is 1. The van der Waals surface area contributed by atoms with Gasteiger partial charge in [0, 0.05) is 31.6 Å². The summed E-state index contributed by atoms with van der Waals surface area (Å²) in [6.07, 6.45) is 5.61. The van der Waals surface area contributed by atoms with Gasteiger partial charge in [0.2, 0.25) is 0 Å². The predicted octanol–water partition coefficient (Wildman–Crippen LogP) is 2.65. The molecule has 27 heavy (non-hydrogen) atoms. The summed E-state index contributed by atoms with van der Waals surface area (Å²) in [6, 6.07) is 5.46. The summed E-state index contributed by atoms with van der Waals surface area (Å²) >= 11 is 0. The van der Waals surface area contributed by atoms with Crippen LogP contribution in [0.3, 0.4) is 0 Å². The molecule has 0 unspecified atom stereocenters. The third-order valence-corrected chi connectivity index (χ3v) is 5.95. The number of nitrogens with zero attached hydrogens (tertiary/aromatic N) is 1. The van der Waals surface area contributed by atoms with E-state index in [0.717, 1.165) is 44.1 Å². The van der Waals surface area contributed by atoms with Crippen LogP contribution in [0.1, 0.15) is 42.5 Å². The minimum atomic E-state index is -0.215. The van der Waals surface area contributed by atoms with Crippen molar-refractivity contribution in [2.24, 2.45) is 5.92 Å². The monoisotopic (exact) mass is 373 g/mol. The number of hydrogen-bond donors (Lipinski definition) is 0. The van der Waals surface area contributed by atoms with Gasteiger partial charge in [0.1, 0.15) is 5.60 Å². The van der Waals surface area contributed by atoms with Crippen molar-refractivity contribution in [1.29, 1.82) is 0 Å². The van der Waals surface area contributed by atoms with Gasteiger partial charge in [0.15, 0.2) is 11.5 Å². The summed E-state index contributed by atoms with van der Waals surface area (Å²) in [6.45, 7) is 4.17. The fraction of sp³-hybridized carbons (Fsp3) is 0.667. The number of rotatable bonds is 4. The zero-order chi connectivity index (χ0) is 18.3. The maximum Gasteiger partial charge on any atom is 0.254 e. The molecule has 5 rings (SSSR count). The molecule has 6 nitrogen and oxygen atoms in total. The van der Waals surface area contributed by atoms with Gasteiger partial charge in [-0.25, -0.2) is 0 Å². The average molecular weight is 373 g/mol. The molecular weight excluding hydrogens is 346 g/mol. The van der Waals surface area contributed by atoms with Gasteiger partial charge in [-0.15, -0.1) is 0 Å². The molecule has 0 radical (unpaired) electrons. The smallest absolute Gasteiger partial charge is 0.254 e. The second kappa shape index (κ2) is 6.99. The molecule has 1 amide bonds. The van der Waals surface area contributed by atoms with Crippen LogP contribution in [0.4, 0.5) is 0 Å². The molecule has 0 aromatic heterocycles. The highest BCUT2D eigenvalue weighted by atomic mass is 16.5. The molecule has 4 aliphatic rings. The van der Waals surface area contributed by atoms with Crippen LogP contribution in [0.15, 0.2) is 18.2 Å². The maximum absolute atomic E-state index is 12.9. The van der Waals surface area contributed by atoms with E-state index in [0.29, 0.717) is 37.6 Å². The lowest BCUT2D eigenvalue weighted by Gasteiger charge is -2.53. The molecular formula is C21H27NO5. The van der Waals surface area contributed by atoms with Crippen LogP contribution >= 0.6 is 0 Å². The van der Waals surface area contributed by atoms with E-state index in [9.17, 15) is 4.79 Å². The van der Waals surface area contributed by atoms with E-state index >= 15 is 0 Å². The van der Waals surface area contributed by atoms with Crippen LogP contribution in [0.25, 0.3) is 0 Å². The summed E-state index contributed by atoms with van der Waals surface area (Å²) in [5.41, 5.74) is 0.430. The molecule has 0 N–H and O–H groups in total. The van der Waals surface area contributed by atoms with Crippen molar-refractivity contribution in [3.05, 3.63) is 23.8 Å². The molecule has 1 atom stereocenters. The molecule has 1 saturated carbocycles. The Bertz CT molecular complexity index is 711. The largest absolute Gasteiger partial charge is 0.490 e. The van der Waals surface area contributed by atoms with E-state index in [-0.39, 0.29) is 17.6 Å². The molecule has 3 heterocycles. The van der Waals surface area contributed by atoms with Gasteiger partial charge in [-0.1, -0.05) is 0 Å². The highest BCUT2D eigenvalue weighted by Gasteiger charge is 2.49. The summed E-state index contributed by atoms with van der Waals surface area (Å²) in [4.78, 5) is 14.7. The van der Waals surface area contributed by atoms with E-state index in [2.05, 4.69) is 0 Å². The fourth-order valence-electron chi connectivity index (χ4n) is 4.17. The number of carbonyl (C=O) groups is 1. The van der Waals surface area contributed by atoms with Crippen molar-refractivity contribution in [2.45, 2.75) is 43.8 Å². The Kier molecular flexibility index (Phi) is 4.48. The summed E-state index contributed by atoms with van der Waals surface area (Å²) in [7, 11) is 0. The van der Waals surface area contributed by atoms with Gasteiger partial charge >= 0.3 is 0 Å². The number of carbonyl (C=O) groups excluding carboxylic acids is 1. The zero-order valence-electron chi connectivity index (χ0n) is 15.7. The summed E-state index contributed by atoms with van der Waals surface area (Å²) < 4.78 is 23.5. The normalized spacial score (nSPS) is 26.4. The van der Waals surface area contributed by atoms with E-state index in [1.165, 1.54) is 12.8 Å². The second-order valence-electron chi connectivity index (χ2n) is 8.30. The molecule has 1 aromatic carbocycles. The minimum absolute atomic E-state index is 0.0286. The minimum Gasteiger partial charge on any atom is -0.490 e. The SMILES string of the molecule is O=C(c1ccc2c(c1)OCCCO2)N1CC2(C[C@H](OCC3CC3)CCO2)C1. The Balaban J connectivity index is 1.20. The third-order valence-electron chi connectivity index (χ3n) is 5.95. The second-order valence-corrected chi connectivity index (χ2v) is 8.30. The van der Waals surface area contributed by atoms with Crippen molar-refractivity contribution in [1.82, 2.24) is 4.90 Å². The molecule has 2 saturated heterocycles. The fourth-order valence-corrected chi connectivity index (χ4v) is 4.17.